The van der Waals surface area contributed by atoms with Gasteiger partial charge in [0.1, 0.15) is 0 Å². The number of halogens is 1. The Balaban J connectivity index is 3.60. The van der Waals surface area contributed by atoms with E-state index in [-0.39, 0.29) is 22.3 Å². The molecule has 1 rings (SSSR count). The summed E-state index contributed by atoms with van der Waals surface area (Å²) in [6.45, 7) is 3.89. The summed E-state index contributed by atoms with van der Waals surface area (Å²) in [6.07, 6.45) is 1.88. The van der Waals surface area contributed by atoms with E-state index in [9.17, 15) is 13.2 Å². The van der Waals surface area contributed by atoms with E-state index in [0.717, 1.165) is 12.7 Å². The first kappa shape index (κ1) is 17.6. The minimum absolute atomic E-state index is 0.0401. The molecular weight excluding hydrogens is 358 g/mol. The molecule has 1 unspecified atom stereocenters. The molecule has 0 saturated carbocycles. The normalized spacial score (nSPS) is 12.8. The highest BCUT2D eigenvalue weighted by molar-refractivity contribution is 9.10. The average Bonchev–Trinajstić information content (AvgIpc) is 2.34. The molecule has 1 aromatic rings. The quantitative estimate of drug-likeness (QED) is 0.614. The molecule has 0 heterocycles. The number of hydrogen-bond acceptors (Lipinski definition) is 3. The largest absolute Gasteiger partial charge is 0.370 e. The number of nitrogens with zero attached hydrogens (tertiary/aromatic N) is 1. The van der Waals surface area contributed by atoms with Gasteiger partial charge in [0.25, 0.3) is 5.91 Å². The van der Waals surface area contributed by atoms with Crippen LogP contribution in [0.25, 0.3) is 0 Å². The summed E-state index contributed by atoms with van der Waals surface area (Å²) in [5.74, 6) is -1.03. The van der Waals surface area contributed by atoms with E-state index in [4.69, 9.17) is 11.5 Å². The molecule has 0 radical (unpaired) electrons. The first-order chi connectivity index (χ1) is 9.57. The maximum absolute atomic E-state index is 12.0. The van der Waals surface area contributed by atoms with Crippen molar-refractivity contribution in [2.45, 2.75) is 31.1 Å². The van der Waals surface area contributed by atoms with Gasteiger partial charge in [0, 0.05) is 10.7 Å². The topological polar surface area (TPSA) is 116 Å². The Morgan fingerprint density at radius 2 is 1.95 bits per heavy atom. The summed E-state index contributed by atoms with van der Waals surface area (Å²) in [7, 11) is -3.47. The predicted molar refractivity (Wildman–Crippen MR) is 86.1 cm³/mol. The fourth-order valence-corrected chi connectivity index (χ4v) is 3.39. The molecule has 1 aromatic carbocycles. The van der Waals surface area contributed by atoms with Gasteiger partial charge < -0.3 is 11.5 Å². The van der Waals surface area contributed by atoms with Crippen molar-refractivity contribution in [3.63, 3.8) is 0 Å². The Kier molecular flexibility index (Phi) is 5.52. The van der Waals surface area contributed by atoms with Gasteiger partial charge in [0.2, 0.25) is 0 Å². The molecular formula is C13H18BrN3O3S. The molecule has 0 bridgehead atoms. The van der Waals surface area contributed by atoms with Gasteiger partial charge in [-0.05, 0) is 46.0 Å². The van der Waals surface area contributed by atoms with Crippen LogP contribution in [-0.4, -0.2) is 26.5 Å². The lowest BCUT2D eigenvalue weighted by Crippen LogP contribution is -2.24. The molecule has 4 N–H and O–H groups in total. The lowest BCUT2D eigenvalue weighted by atomic mass is 9.97. The van der Waals surface area contributed by atoms with Gasteiger partial charge >= 0.3 is 0 Å². The number of carbonyl (C=O) groups is 1. The van der Waals surface area contributed by atoms with Gasteiger partial charge in [-0.2, -0.15) is 4.99 Å². The molecule has 0 saturated heterocycles. The van der Waals surface area contributed by atoms with Crippen LogP contribution in [-0.2, 0) is 9.84 Å². The average molecular weight is 376 g/mol. The van der Waals surface area contributed by atoms with Crippen molar-refractivity contribution in [1.29, 1.82) is 0 Å². The van der Waals surface area contributed by atoms with Gasteiger partial charge in [0.05, 0.1) is 10.5 Å². The number of guanidine groups is 1. The molecule has 21 heavy (non-hydrogen) atoms. The first-order valence-corrected chi connectivity index (χ1v) is 8.93. The Morgan fingerprint density at radius 3 is 2.38 bits per heavy atom. The van der Waals surface area contributed by atoms with Crippen LogP contribution in [0.2, 0.25) is 0 Å². The molecule has 0 aliphatic carbocycles. The lowest BCUT2D eigenvalue weighted by molar-refractivity contribution is 0.100. The Bertz CT molecular complexity index is 695. The van der Waals surface area contributed by atoms with Gasteiger partial charge in [0.15, 0.2) is 15.8 Å². The number of sulfone groups is 1. The van der Waals surface area contributed by atoms with E-state index in [2.05, 4.69) is 20.9 Å². The smallest absolute Gasteiger partial charge is 0.281 e. The molecule has 0 aromatic heterocycles. The zero-order chi connectivity index (χ0) is 16.4. The van der Waals surface area contributed by atoms with Crippen LogP contribution >= 0.6 is 15.9 Å². The zero-order valence-electron chi connectivity index (χ0n) is 12.1. The highest BCUT2D eigenvalue weighted by atomic mass is 79.9. The maximum atomic E-state index is 12.0. The monoisotopic (exact) mass is 375 g/mol. The molecule has 0 fully saturated rings. The van der Waals surface area contributed by atoms with Gasteiger partial charge in [-0.3, -0.25) is 4.79 Å². The van der Waals surface area contributed by atoms with Crippen molar-refractivity contribution in [3.8, 4) is 0 Å². The second-order valence-electron chi connectivity index (χ2n) is 4.79. The van der Waals surface area contributed by atoms with Crippen LogP contribution in [0.15, 0.2) is 26.5 Å². The van der Waals surface area contributed by atoms with Crippen molar-refractivity contribution < 1.29 is 13.2 Å². The van der Waals surface area contributed by atoms with E-state index < -0.39 is 15.7 Å². The van der Waals surface area contributed by atoms with E-state index in [1.807, 2.05) is 13.8 Å². The number of carbonyl (C=O) groups excluding carboxylic acids is 1. The lowest BCUT2D eigenvalue weighted by Gasteiger charge is -2.16. The standard InChI is InChI=1S/C13H18BrN3O3S/c1-4-7(2)8-5-10(14)9(12(18)17-13(15)16)6-11(8)21(3,19)20/h5-7H,4H2,1-3H3,(H4,15,16,17,18). The zero-order valence-corrected chi connectivity index (χ0v) is 14.5. The third kappa shape index (κ3) is 4.28. The van der Waals surface area contributed by atoms with Crippen molar-refractivity contribution >= 4 is 37.6 Å². The predicted octanol–water partition coefficient (Wildman–Crippen LogP) is 1.78. The van der Waals surface area contributed by atoms with Crippen molar-refractivity contribution in [3.05, 3.63) is 27.7 Å². The Morgan fingerprint density at radius 1 is 1.38 bits per heavy atom. The summed E-state index contributed by atoms with van der Waals surface area (Å²) in [5.41, 5.74) is 11.1. The number of nitrogens with two attached hydrogens (primary N) is 2. The first-order valence-electron chi connectivity index (χ1n) is 6.25. The fraction of sp³-hybridized carbons (Fsp3) is 0.385. The van der Waals surface area contributed by atoms with E-state index in [0.29, 0.717) is 10.0 Å². The molecule has 1 amide bonds. The third-order valence-corrected chi connectivity index (χ3v) is 4.91. The summed E-state index contributed by atoms with van der Waals surface area (Å²) in [4.78, 5) is 15.5. The van der Waals surface area contributed by atoms with E-state index in [1.54, 1.807) is 6.07 Å². The molecule has 8 heteroatoms. The second kappa shape index (κ2) is 6.57. The number of benzene rings is 1. The van der Waals surface area contributed by atoms with Crippen LogP contribution in [0.1, 0.15) is 42.1 Å². The highest BCUT2D eigenvalue weighted by Crippen LogP contribution is 2.32. The van der Waals surface area contributed by atoms with Gasteiger partial charge in [-0.1, -0.05) is 13.8 Å². The fourth-order valence-electron chi connectivity index (χ4n) is 1.84. The van der Waals surface area contributed by atoms with Gasteiger partial charge in [-0.25, -0.2) is 8.42 Å². The van der Waals surface area contributed by atoms with E-state index in [1.165, 1.54) is 6.07 Å². The molecule has 0 aliphatic heterocycles. The van der Waals surface area contributed by atoms with E-state index >= 15 is 0 Å². The summed E-state index contributed by atoms with van der Waals surface area (Å²) in [5, 5.41) is 0. The number of amides is 1. The summed E-state index contributed by atoms with van der Waals surface area (Å²) in [6, 6.07) is 2.95. The summed E-state index contributed by atoms with van der Waals surface area (Å²) >= 11 is 3.27. The number of rotatable bonds is 4. The van der Waals surface area contributed by atoms with Gasteiger partial charge in [-0.15, -0.1) is 0 Å². The Labute approximate surface area is 132 Å². The third-order valence-electron chi connectivity index (χ3n) is 3.10. The van der Waals surface area contributed by atoms with Crippen LogP contribution in [0, 0.1) is 0 Å². The van der Waals surface area contributed by atoms with Crippen molar-refractivity contribution in [2.75, 3.05) is 6.26 Å². The molecule has 6 nitrogen and oxygen atoms in total. The second-order valence-corrected chi connectivity index (χ2v) is 7.63. The van der Waals surface area contributed by atoms with Crippen LogP contribution < -0.4 is 11.5 Å². The molecule has 116 valence electrons. The number of hydrogen-bond donors (Lipinski definition) is 2. The number of aliphatic imine (C=N–C) groups is 1. The van der Waals surface area contributed by atoms with Crippen LogP contribution in [0.3, 0.4) is 0 Å². The minimum Gasteiger partial charge on any atom is -0.370 e. The molecule has 0 spiro atoms. The maximum Gasteiger partial charge on any atom is 0.281 e. The SMILES string of the molecule is CCC(C)c1cc(Br)c(C(=O)N=C(N)N)cc1S(C)(=O)=O. The minimum atomic E-state index is -3.47. The molecule has 1 atom stereocenters. The molecule has 0 aliphatic rings. The van der Waals surface area contributed by atoms with Crippen molar-refractivity contribution in [2.24, 2.45) is 16.5 Å². The van der Waals surface area contributed by atoms with Crippen molar-refractivity contribution in [1.82, 2.24) is 0 Å². The van der Waals surface area contributed by atoms with Crippen LogP contribution in [0.4, 0.5) is 0 Å². The highest BCUT2D eigenvalue weighted by Gasteiger charge is 2.22. The van der Waals surface area contributed by atoms with Crippen LogP contribution in [0.5, 0.6) is 0 Å². The summed E-state index contributed by atoms with van der Waals surface area (Å²) < 4.78 is 24.4. The Hall–Kier alpha value is -1.41.